The number of ether oxygens (including phenoxy) is 1. The Hall–Kier alpha value is -3.16. The van der Waals surface area contributed by atoms with Crippen LogP contribution in [0.25, 0.3) is 0 Å². The van der Waals surface area contributed by atoms with E-state index in [1.165, 1.54) is 23.5 Å². The van der Waals surface area contributed by atoms with Crippen molar-refractivity contribution in [3.63, 3.8) is 0 Å². The predicted molar refractivity (Wildman–Crippen MR) is 115 cm³/mol. The average molecular weight is 425 g/mol. The first-order chi connectivity index (χ1) is 14.5. The van der Waals surface area contributed by atoms with Crippen molar-refractivity contribution in [2.75, 3.05) is 13.7 Å². The maximum atomic E-state index is 13.3. The van der Waals surface area contributed by atoms with Crippen LogP contribution in [-0.2, 0) is 27.9 Å². The van der Waals surface area contributed by atoms with Gasteiger partial charge in [-0.2, -0.15) is 4.31 Å². The van der Waals surface area contributed by atoms with E-state index >= 15 is 0 Å². The Balaban J connectivity index is 1.79. The maximum Gasteiger partial charge on any atom is 0.243 e. The average Bonchev–Trinajstić information content (AvgIpc) is 2.78. The molecule has 0 atom stereocenters. The van der Waals surface area contributed by atoms with Gasteiger partial charge in [0, 0.05) is 13.1 Å². The van der Waals surface area contributed by atoms with Crippen molar-refractivity contribution in [1.82, 2.24) is 9.62 Å². The molecule has 0 heterocycles. The summed E-state index contributed by atoms with van der Waals surface area (Å²) < 4.78 is 32.8. The van der Waals surface area contributed by atoms with Crippen LogP contribution in [0.1, 0.15) is 11.1 Å². The third-order valence-corrected chi connectivity index (χ3v) is 6.36. The molecule has 0 bridgehead atoms. The molecule has 0 aliphatic carbocycles. The molecule has 3 aromatic rings. The third kappa shape index (κ3) is 5.68. The Morgan fingerprint density at radius 1 is 0.867 bits per heavy atom. The SMILES string of the molecule is COc1ccc(S(=O)(=O)N(CC(=O)NCc2ccccc2)Cc2ccccc2)cc1. The molecule has 0 fully saturated rings. The van der Waals surface area contributed by atoms with Crippen molar-refractivity contribution in [2.24, 2.45) is 0 Å². The van der Waals surface area contributed by atoms with Gasteiger partial charge in [0.1, 0.15) is 5.75 Å². The normalized spacial score (nSPS) is 11.3. The number of amides is 1. The zero-order chi connectivity index (χ0) is 21.4. The van der Waals surface area contributed by atoms with Crippen molar-refractivity contribution < 1.29 is 17.9 Å². The topological polar surface area (TPSA) is 75.7 Å². The molecular weight excluding hydrogens is 400 g/mol. The van der Waals surface area contributed by atoms with E-state index in [-0.39, 0.29) is 23.9 Å². The van der Waals surface area contributed by atoms with E-state index in [2.05, 4.69) is 5.32 Å². The summed E-state index contributed by atoms with van der Waals surface area (Å²) in [5.74, 6) is 0.191. The van der Waals surface area contributed by atoms with Gasteiger partial charge in [-0.05, 0) is 35.4 Å². The van der Waals surface area contributed by atoms with Gasteiger partial charge in [-0.3, -0.25) is 4.79 Å². The smallest absolute Gasteiger partial charge is 0.243 e. The summed E-state index contributed by atoms with van der Waals surface area (Å²) in [7, 11) is -2.37. The molecular formula is C23H24N2O4S. The highest BCUT2D eigenvalue weighted by Crippen LogP contribution is 2.21. The second-order valence-corrected chi connectivity index (χ2v) is 8.63. The van der Waals surface area contributed by atoms with Crippen molar-refractivity contribution in [1.29, 1.82) is 0 Å². The number of nitrogens with zero attached hydrogens (tertiary/aromatic N) is 1. The monoisotopic (exact) mass is 424 g/mol. The Morgan fingerprint density at radius 2 is 1.43 bits per heavy atom. The molecule has 7 heteroatoms. The molecule has 0 spiro atoms. The lowest BCUT2D eigenvalue weighted by Crippen LogP contribution is -2.40. The van der Waals surface area contributed by atoms with Gasteiger partial charge in [0.15, 0.2) is 0 Å². The number of sulfonamides is 1. The Bertz CT molecular complexity index is 1050. The Morgan fingerprint density at radius 3 is 2.00 bits per heavy atom. The number of carbonyl (C=O) groups is 1. The van der Waals surface area contributed by atoms with Crippen LogP contribution in [0.15, 0.2) is 89.8 Å². The van der Waals surface area contributed by atoms with E-state index in [1.807, 2.05) is 60.7 Å². The molecule has 3 aromatic carbocycles. The standard InChI is InChI=1S/C23H24N2O4S/c1-29-21-12-14-22(15-13-21)30(27,28)25(17-20-10-6-3-7-11-20)18-23(26)24-16-19-8-4-2-5-9-19/h2-15H,16-18H2,1H3,(H,24,26). The van der Waals surface area contributed by atoms with E-state index < -0.39 is 10.0 Å². The summed E-state index contributed by atoms with van der Waals surface area (Å²) in [5.41, 5.74) is 1.74. The van der Waals surface area contributed by atoms with E-state index in [4.69, 9.17) is 4.74 Å². The summed E-state index contributed by atoms with van der Waals surface area (Å²) in [4.78, 5) is 12.7. The fourth-order valence-electron chi connectivity index (χ4n) is 2.92. The summed E-state index contributed by atoms with van der Waals surface area (Å²) in [6.45, 7) is 0.144. The summed E-state index contributed by atoms with van der Waals surface area (Å²) in [6, 6.07) is 24.8. The zero-order valence-electron chi connectivity index (χ0n) is 16.7. The number of rotatable bonds is 9. The fraction of sp³-hybridized carbons (Fsp3) is 0.174. The molecule has 0 saturated carbocycles. The Kier molecular flexibility index (Phi) is 7.21. The van der Waals surface area contributed by atoms with Crippen LogP contribution in [0.2, 0.25) is 0 Å². The summed E-state index contributed by atoms with van der Waals surface area (Å²) in [6.07, 6.45) is 0. The summed E-state index contributed by atoms with van der Waals surface area (Å²) in [5, 5.41) is 2.79. The number of hydrogen-bond acceptors (Lipinski definition) is 4. The molecule has 6 nitrogen and oxygen atoms in total. The number of nitrogens with one attached hydrogen (secondary N) is 1. The van der Waals surface area contributed by atoms with Crippen LogP contribution in [-0.4, -0.2) is 32.3 Å². The molecule has 0 aromatic heterocycles. The van der Waals surface area contributed by atoms with E-state index in [0.717, 1.165) is 11.1 Å². The number of carbonyl (C=O) groups excluding carboxylic acids is 1. The first-order valence-electron chi connectivity index (χ1n) is 9.48. The van der Waals surface area contributed by atoms with Crippen LogP contribution in [0.3, 0.4) is 0 Å². The van der Waals surface area contributed by atoms with Crippen LogP contribution < -0.4 is 10.1 Å². The maximum absolute atomic E-state index is 13.3. The molecule has 3 rings (SSSR count). The number of hydrogen-bond donors (Lipinski definition) is 1. The van der Waals surface area contributed by atoms with E-state index in [9.17, 15) is 13.2 Å². The lowest BCUT2D eigenvalue weighted by Gasteiger charge is -2.22. The van der Waals surface area contributed by atoms with Crippen molar-refractivity contribution in [2.45, 2.75) is 18.0 Å². The Labute approximate surface area is 177 Å². The van der Waals surface area contributed by atoms with E-state index in [1.54, 1.807) is 12.1 Å². The van der Waals surface area contributed by atoms with Crippen molar-refractivity contribution in [3.8, 4) is 5.75 Å². The molecule has 0 aliphatic heterocycles. The zero-order valence-corrected chi connectivity index (χ0v) is 17.5. The highest BCUT2D eigenvalue weighted by Gasteiger charge is 2.27. The van der Waals surface area contributed by atoms with Gasteiger partial charge in [0.2, 0.25) is 15.9 Å². The van der Waals surface area contributed by atoms with Gasteiger partial charge in [0.25, 0.3) is 0 Å². The van der Waals surface area contributed by atoms with Gasteiger partial charge in [-0.25, -0.2) is 8.42 Å². The minimum Gasteiger partial charge on any atom is -0.497 e. The lowest BCUT2D eigenvalue weighted by atomic mass is 10.2. The highest BCUT2D eigenvalue weighted by atomic mass is 32.2. The fourth-order valence-corrected chi connectivity index (χ4v) is 4.31. The van der Waals surface area contributed by atoms with Crippen LogP contribution in [0.5, 0.6) is 5.75 Å². The molecule has 0 radical (unpaired) electrons. The molecule has 0 unspecified atom stereocenters. The molecule has 156 valence electrons. The van der Waals surface area contributed by atoms with Crippen LogP contribution >= 0.6 is 0 Å². The summed E-state index contributed by atoms with van der Waals surface area (Å²) >= 11 is 0. The minimum atomic E-state index is -3.89. The van der Waals surface area contributed by atoms with Crippen LogP contribution in [0.4, 0.5) is 0 Å². The number of methoxy groups -OCH3 is 1. The van der Waals surface area contributed by atoms with Crippen molar-refractivity contribution >= 4 is 15.9 Å². The van der Waals surface area contributed by atoms with E-state index in [0.29, 0.717) is 12.3 Å². The van der Waals surface area contributed by atoms with Gasteiger partial charge < -0.3 is 10.1 Å². The molecule has 30 heavy (non-hydrogen) atoms. The van der Waals surface area contributed by atoms with Gasteiger partial charge in [-0.1, -0.05) is 60.7 Å². The highest BCUT2D eigenvalue weighted by molar-refractivity contribution is 7.89. The second kappa shape index (κ2) is 10.0. The molecule has 1 amide bonds. The lowest BCUT2D eigenvalue weighted by molar-refractivity contribution is -0.121. The van der Waals surface area contributed by atoms with Gasteiger partial charge >= 0.3 is 0 Å². The second-order valence-electron chi connectivity index (χ2n) is 6.70. The first-order valence-corrected chi connectivity index (χ1v) is 10.9. The molecule has 0 saturated heterocycles. The largest absolute Gasteiger partial charge is 0.497 e. The molecule has 1 N–H and O–H groups in total. The van der Waals surface area contributed by atoms with Gasteiger partial charge in [-0.15, -0.1) is 0 Å². The number of benzene rings is 3. The molecule has 0 aliphatic rings. The quantitative estimate of drug-likeness (QED) is 0.572. The van der Waals surface area contributed by atoms with Crippen molar-refractivity contribution in [3.05, 3.63) is 96.1 Å². The van der Waals surface area contributed by atoms with Gasteiger partial charge in [0.05, 0.1) is 18.6 Å². The van der Waals surface area contributed by atoms with Crippen LogP contribution in [0, 0.1) is 0 Å². The minimum absolute atomic E-state index is 0.0912. The third-order valence-electron chi connectivity index (χ3n) is 4.55. The first kappa shape index (κ1) is 21.5. The predicted octanol–water partition coefficient (Wildman–Crippen LogP) is 3.20.